The van der Waals surface area contributed by atoms with E-state index in [9.17, 15) is 9.59 Å². The number of nitrogens with zero attached hydrogens (tertiary/aromatic N) is 1. The van der Waals surface area contributed by atoms with Crippen molar-refractivity contribution in [2.45, 2.75) is 0 Å². The Kier molecular flexibility index (Phi) is 4.24. The maximum Gasteiger partial charge on any atom is 0.293 e. The number of methoxy groups -OCH3 is 1. The van der Waals surface area contributed by atoms with E-state index >= 15 is 0 Å². The van der Waals surface area contributed by atoms with Crippen LogP contribution in [0.1, 0.15) is 5.56 Å². The molecule has 19 heavy (non-hydrogen) atoms. The lowest BCUT2D eigenvalue weighted by atomic mass is 10.2. The minimum atomic E-state index is -0.300. The van der Waals surface area contributed by atoms with Gasteiger partial charge in [0.15, 0.2) is 0 Å². The van der Waals surface area contributed by atoms with Gasteiger partial charge in [-0.05, 0) is 23.9 Å². The second-order valence-electron chi connectivity index (χ2n) is 3.86. The number of thioether (sulfide) groups is 1. The van der Waals surface area contributed by atoms with Crippen molar-refractivity contribution >= 4 is 29.0 Å². The third kappa shape index (κ3) is 2.80. The Bertz CT molecular complexity index is 542. The van der Waals surface area contributed by atoms with Crippen LogP contribution >= 0.6 is 11.8 Å². The van der Waals surface area contributed by atoms with Crippen LogP contribution in [0.3, 0.4) is 0 Å². The van der Waals surface area contributed by atoms with E-state index in [-0.39, 0.29) is 24.2 Å². The van der Waals surface area contributed by atoms with Gasteiger partial charge in [-0.2, -0.15) is 0 Å². The van der Waals surface area contributed by atoms with Crippen LogP contribution in [0.25, 0.3) is 6.08 Å². The largest absolute Gasteiger partial charge is 0.496 e. The Morgan fingerprint density at radius 3 is 2.79 bits per heavy atom. The molecule has 1 heterocycles. The van der Waals surface area contributed by atoms with E-state index in [4.69, 9.17) is 10.5 Å². The number of nitrogens with two attached hydrogens (primary N) is 1. The average Bonchev–Trinajstić information content (AvgIpc) is 2.67. The van der Waals surface area contributed by atoms with Crippen LogP contribution in [-0.2, 0) is 4.79 Å². The summed E-state index contributed by atoms with van der Waals surface area (Å²) in [6.45, 7) is 0.508. The minimum absolute atomic E-state index is 0.244. The first-order chi connectivity index (χ1) is 9.17. The molecule has 0 aromatic heterocycles. The summed E-state index contributed by atoms with van der Waals surface area (Å²) >= 11 is 0.923. The van der Waals surface area contributed by atoms with Crippen molar-refractivity contribution in [3.63, 3.8) is 0 Å². The summed E-state index contributed by atoms with van der Waals surface area (Å²) in [7, 11) is 1.56. The van der Waals surface area contributed by atoms with E-state index in [2.05, 4.69) is 0 Å². The van der Waals surface area contributed by atoms with E-state index in [0.717, 1.165) is 22.2 Å². The van der Waals surface area contributed by atoms with Crippen LogP contribution in [0, 0.1) is 0 Å². The molecule has 0 radical (unpaired) electrons. The third-order valence-electron chi connectivity index (χ3n) is 2.65. The number of ether oxygens (including phenoxy) is 1. The molecule has 5 nitrogen and oxygen atoms in total. The molecule has 0 saturated carbocycles. The van der Waals surface area contributed by atoms with Gasteiger partial charge in [0, 0.05) is 18.7 Å². The molecule has 0 unspecified atom stereocenters. The van der Waals surface area contributed by atoms with Gasteiger partial charge in [-0.3, -0.25) is 14.5 Å². The monoisotopic (exact) mass is 278 g/mol. The fourth-order valence-electron chi connectivity index (χ4n) is 1.75. The zero-order chi connectivity index (χ0) is 13.8. The number of carbonyl (C=O) groups excluding carboxylic acids is 2. The molecule has 0 spiro atoms. The van der Waals surface area contributed by atoms with Gasteiger partial charge >= 0.3 is 0 Å². The van der Waals surface area contributed by atoms with Crippen LogP contribution in [0.2, 0.25) is 0 Å². The molecule has 1 aliphatic heterocycles. The molecule has 0 bridgehead atoms. The third-order valence-corrected chi connectivity index (χ3v) is 3.56. The van der Waals surface area contributed by atoms with Crippen molar-refractivity contribution in [2.75, 3.05) is 20.2 Å². The minimum Gasteiger partial charge on any atom is -0.496 e. The lowest BCUT2D eigenvalue weighted by Crippen LogP contribution is -2.33. The van der Waals surface area contributed by atoms with E-state index in [1.165, 1.54) is 0 Å². The van der Waals surface area contributed by atoms with Gasteiger partial charge < -0.3 is 10.5 Å². The van der Waals surface area contributed by atoms with Gasteiger partial charge in [-0.25, -0.2) is 0 Å². The standard InChI is InChI=1S/C13H14N2O3S/c1-18-10-5-3-2-4-9(10)8-11-12(16)15(7-6-14)13(17)19-11/h2-5,8H,6-7,14H2,1H3/b11-8-. The molecule has 1 aromatic carbocycles. The molecule has 0 atom stereocenters. The Morgan fingerprint density at radius 1 is 1.37 bits per heavy atom. The maximum absolute atomic E-state index is 12.0. The first-order valence-corrected chi connectivity index (χ1v) is 6.57. The summed E-state index contributed by atoms with van der Waals surface area (Å²) in [5.74, 6) is 0.361. The topological polar surface area (TPSA) is 72.6 Å². The molecule has 1 aliphatic rings. The van der Waals surface area contributed by atoms with Gasteiger partial charge in [-0.15, -0.1) is 0 Å². The highest BCUT2D eigenvalue weighted by Gasteiger charge is 2.34. The average molecular weight is 278 g/mol. The second-order valence-corrected chi connectivity index (χ2v) is 4.86. The molecule has 1 fully saturated rings. The second kappa shape index (κ2) is 5.90. The zero-order valence-corrected chi connectivity index (χ0v) is 11.3. The Labute approximate surface area is 115 Å². The van der Waals surface area contributed by atoms with E-state index < -0.39 is 0 Å². The SMILES string of the molecule is COc1ccccc1/C=C1\SC(=O)N(CCN)C1=O. The summed E-state index contributed by atoms with van der Waals surface area (Å²) in [6, 6.07) is 7.32. The number of para-hydroxylation sites is 1. The summed E-state index contributed by atoms with van der Waals surface area (Å²) in [4.78, 5) is 25.2. The fraction of sp³-hybridized carbons (Fsp3) is 0.231. The predicted molar refractivity (Wildman–Crippen MR) is 74.7 cm³/mol. The molecule has 6 heteroatoms. The van der Waals surface area contributed by atoms with Crippen molar-refractivity contribution in [1.82, 2.24) is 4.90 Å². The number of amides is 2. The van der Waals surface area contributed by atoms with Crippen molar-refractivity contribution < 1.29 is 14.3 Å². The highest BCUT2D eigenvalue weighted by molar-refractivity contribution is 8.18. The normalized spacial score (nSPS) is 17.4. The number of benzene rings is 1. The molecule has 2 rings (SSSR count). The summed E-state index contributed by atoms with van der Waals surface area (Å²) in [5, 5.41) is -0.281. The molecular weight excluding hydrogens is 264 g/mol. The Hall–Kier alpha value is -1.79. The van der Waals surface area contributed by atoms with E-state index in [1.54, 1.807) is 19.3 Å². The molecular formula is C13H14N2O3S. The summed E-state index contributed by atoms with van der Waals surface area (Å²) in [5.41, 5.74) is 6.15. The number of carbonyl (C=O) groups is 2. The molecule has 1 aromatic rings. The molecule has 0 aliphatic carbocycles. The van der Waals surface area contributed by atoms with E-state index in [1.807, 2.05) is 18.2 Å². The Balaban J connectivity index is 2.30. The summed E-state index contributed by atoms with van der Waals surface area (Å²) < 4.78 is 5.21. The van der Waals surface area contributed by atoms with Crippen molar-refractivity contribution in [2.24, 2.45) is 5.73 Å². The van der Waals surface area contributed by atoms with Gasteiger partial charge in [0.2, 0.25) is 0 Å². The predicted octanol–water partition coefficient (Wildman–Crippen LogP) is 1.69. The highest BCUT2D eigenvalue weighted by atomic mass is 32.2. The number of hydrogen-bond donors (Lipinski definition) is 1. The van der Waals surface area contributed by atoms with Gasteiger partial charge in [0.25, 0.3) is 11.1 Å². The lowest BCUT2D eigenvalue weighted by Gasteiger charge is -2.09. The smallest absolute Gasteiger partial charge is 0.293 e. The highest BCUT2D eigenvalue weighted by Crippen LogP contribution is 2.33. The molecule has 2 N–H and O–H groups in total. The van der Waals surface area contributed by atoms with Gasteiger partial charge in [-0.1, -0.05) is 18.2 Å². The number of imide groups is 1. The zero-order valence-electron chi connectivity index (χ0n) is 10.5. The van der Waals surface area contributed by atoms with Crippen LogP contribution < -0.4 is 10.5 Å². The molecule has 100 valence electrons. The number of rotatable bonds is 4. The molecule has 1 saturated heterocycles. The van der Waals surface area contributed by atoms with Gasteiger partial charge in [0.1, 0.15) is 5.75 Å². The lowest BCUT2D eigenvalue weighted by molar-refractivity contribution is -0.122. The first-order valence-electron chi connectivity index (χ1n) is 5.76. The first kappa shape index (κ1) is 13.6. The number of hydrogen-bond acceptors (Lipinski definition) is 5. The van der Waals surface area contributed by atoms with Crippen LogP contribution in [0.15, 0.2) is 29.2 Å². The van der Waals surface area contributed by atoms with Crippen LogP contribution in [0.5, 0.6) is 5.75 Å². The van der Waals surface area contributed by atoms with Crippen LogP contribution in [0.4, 0.5) is 4.79 Å². The van der Waals surface area contributed by atoms with Crippen molar-refractivity contribution in [1.29, 1.82) is 0 Å². The Morgan fingerprint density at radius 2 is 2.11 bits per heavy atom. The van der Waals surface area contributed by atoms with Crippen molar-refractivity contribution in [3.8, 4) is 5.75 Å². The quantitative estimate of drug-likeness (QED) is 0.848. The summed E-state index contributed by atoms with van der Waals surface area (Å²) in [6.07, 6.45) is 1.67. The van der Waals surface area contributed by atoms with Crippen LogP contribution in [-0.4, -0.2) is 36.2 Å². The van der Waals surface area contributed by atoms with Gasteiger partial charge in [0.05, 0.1) is 12.0 Å². The van der Waals surface area contributed by atoms with E-state index in [0.29, 0.717) is 10.7 Å². The fourth-order valence-corrected chi connectivity index (χ4v) is 2.60. The van der Waals surface area contributed by atoms with Crippen molar-refractivity contribution in [3.05, 3.63) is 34.7 Å². The molecule has 2 amide bonds. The maximum atomic E-state index is 12.0.